The molecule has 0 saturated heterocycles. The first-order valence-electron chi connectivity index (χ1n) is 7.34. The first-order chi connectivity index (χ1) is 11.1. The minimum Gasteiger partial charge on any atom is -0.336 e. The Bertz CT molecular complexity index is 784. The third-order valence-electron chi connectivity index (χ3n) is 3.75. The maximum Gasteiger partial charge on any atom is 0.130 e. The summed E-state index contributed by atoms with van der Waals surface area (Å²) in [5.41, 5.74) is 1.30. The first-order valence-corrected chi connectivity index (χ1v) is 7.34. The van der Waals surface area contributed by atoms with E-state index in [1.54, 1.807) is 6.20 Å². The van der Waals surface area contributed by atoms with Gasteiger partial charge in [0.05, 0.1) is 6.04 Å². The van der Waals surface area contributed by atoms with Crippen molar-refractivity contribution < 1.29 is 8.78 Å². The van der Waals surface area contributed by atoms with Crippen LogP contribution in [0.5, 0.6) is 0 Å². The second-order valence-electron chi connectivity index (χ2n) is 5.36. The van der Waals surface area contributed by atoms with Crippen LogP contribution in [0.15, 0.2) is 60.9 Å². The predicted octanol–water partition coefficient (Wildman–Crippen LogP) is 3.58. The van der Waals surface area contributed by atoms with Gasteiger partial charge in [-0.1, -0.05) is 30.3 Å². The van der Waals surface area contributed by atoms with Crippen molar-refractivity contribution in [2.24, 2.45) is 7.05 Å². The molecule has 0 aliphatic heterocycles. The van der Waals surface area contributed by atoms with Gasteiger partial charge in [0.1, 0.15) is 17.5 Å². The van der Waals surface area contributed by atoms with Gasteiger partial charge in [0.25, 0.3) is 0 Å². The number of halogens is 2. The van der Waals surface area contributed by atoms with Crippen LogP contribution in [-0.4, -0.2) is 9.55 Å². The Hall–Kier alpha value is -2.53. The topological polar surface area (TPSA) is 29.9 Å². The van der Waals surface area contributed by atoms with E-state index < -0.39 is 11.6 Å². The largest absolute Gasteiger partial charge is 0.336 e. The van der Waals surface area contributed by atoms with E-state index in [0.29, 0.717) is 5.56 Å². The molecule has 0 unspecified atom stereocenters. The summed E-state index contributed by atoms with van der Waals surface area (Å²) in [6.07, 6.45) is 3.57. The van der Waals surface area contributed by atoms with E-state index in [0.717, 1.165) is 23.5 Å². The van der Waals surface area contributed by atoms with Crippen LogP contribution in [0.3, 0.4) is 0 Å². The van der Waals surface area contributed by atoms with Crippen molar-refractivity contribution in [3.8, 4) is 0 Å². The Balaban J connectivity index is 1.88. The number of hydrogen-bond acceptors (Lipinski definition) is 2. The first kappa shape index (κ1) is 15.4. The Morgan fingerprint density at radius 3 is 2.61 bits per heavy atom. The molecule has 0 amide bonds. The fourth-order valence-electron chi connectivity index (χ4n) is 2.55. The molecule has 1 heterocycles. The lowest BCUT2D eigenvalue weighted by Crippen LogP contribution is -2.25. The van der Waals surface area contributed by atoms with Crippen molar-refractivity contribution >= 4 is 0 Å². The average molecular weight is 313 g/mol. The molecule has 118 valence electrons. The molecular weight excluding hydrogens is 296 g/mol. The number of aromatic nitrogens is 2. The molecule has 3 aromatic rings. The molecule has 3 nitrogen and oxygen atoms in total. The second kappa shape index (κ2) is 6.71. The molecule has 23 heavy (non-hydrogen) atoms. The van der Waals surface area contributed by atoms with E-state index in [1.165, 1.54) is 6.07 Å². The molecule has 0 saturated carbocycles. The number of aryl methyl sites for hydroxylation is 1. The molecule has 0 aliphatic rings. The fraction of sp³-hybridized carbons (Fsp3) is 0.167. The van der Waals surface area contributed by atoms with Gasteiger partial charge in [-0.2, -0.15) is 0 Å². The molecule has 1 N–H and O–H groups in total. The van der Waals surface area contributed by atoms with Gasteiger partial charge in [-0.05, 0) is 23.8 Å². The lowest BCUT2D eigenvalue weighted by molar-refractivity contribution is 0.529. The van der Waals surface area contributed by atoms with Crippen LogP contribution in [0.25, 0.3) is 0 Å². The van der Waals surface area contributed by atoms with E-state index in [-0.39, 0.29) is 12.6 Å². The van der Waals surface area contributed by atoms with Crippen LogP contribution in [0.4, 0.5) is 8.78 Å². The highest BCUT2D eigenvalue weighted by Crippen LogP contribution is 2.21. The van der Waals surface area contributed by atoms with Crippen LogP contribution in [0.2, 0.25) is 0 Å². The minimum absolute atomic E-state index is 0.204. The van der Waals surface area contributed by atoms with E-state index in [1.807, 2.05) is 48.1 Å². The van der Waals surface area contributed by atoms with Gasteiger partial charge < -0.3 is 4.57 Å². The smallest absolute Gasteiger partial charge is 0.130 e. The second-order valence-corrected chi connectivity index (χ2v) is 5.36. The number of hydrogen-bond donors (Lipinski definition) is 1. The summed E-state index contributed by atoms with van der Waals surface area (Å²) in [7, 11) is 1.91. The number of rotatable bonds is 5. The van der Waals surface area contributed by atoms with Gasteiger partial charge in [-0.15, -0.1) is 0 Å². The van der Waals surface area contributed by atoms with Gasteiger partial charge in [-0.3, -0.25) is 5.32 Å². The van der Waals surface area contributed by atoms with E-state index in [4.69, 9.17) is 0 Å². The Kier molecular flexibility index (Phi) is 4.48. The van der Waals surface area contributed by atoms with Crippen molar-refractivity contribution in [3.05, 3.63) is 89.5 Å². The molecular formula is C18H17F2N3. The van der Waals surface area contributed by atoms with Crippen molar-refractivity contribution in [2.45, 2.75) is 12.6 Å². The van der Waals surface area contributed by atoms with Crippen LogP contribution >= 0.6 is 0 Å². The van der Waals surface area contributed by atoms with E-state index in [2.05, 4.69) is 10.3 Å². The Morgan fingerprint density at radius 1 is 1.13 bits per heavy atom. The number of nitrogens with zero attached hydrogens (tertiary/aromatic N) is 2. The normalized spacial score (nSPS) is 12.3. The third-order valence-corrected chi connectivity index (χ3v) is 3.75. The quantitative estimate of drug-likeness (QED) is 0.780. The third kappa shape index (κ3) is 3.46. The van der Waals surface area contributed by atoms with Crippen LogP contribution in [0.1, 0.15) is 23.0 Å². The molecule has 5 heteroatoms. The lowest BCUT2D eigenvalue weighted by atomic mass is 10.1. The zero-order valence-electron chi connectivity index (χ0n) is 12.7. The lowest BCUT2D eigenvalue weighted by Gasteiger charge is -2.19. The summed E-state index contributed by atoms with van der Waals surface area (Å²) >= 11 is 0. The maximum atomic E-state index is 13.8. The molecule has 0 bridgehead atoms. The van der Waals surface area contributed by atoms with Crippen molar-refractivity contribution in [1.82, 2.24) is 14.9 Å². The molecule has 0 radical (unpaired) electrons. The molecule has 1 aromatic heterocycles. The van der Waals surface area contributed by atoms with Crippen molar-refractivity contribution in [1.29, 1.82) is 0 Å². The van der Waals surface area contributed by atoms with Gasteiger partial charge in [0.2, 0.25) is 0 Å². The van der Waals surface area contributed by atoms with Crippen LogP contribution in [-0.2, 0) is 13.6 Å². The molecule has 0 spiro atoms. The highest BCUT2D eigenvalue weighted by Gasteiger charge is 2.18. The average Bonchev–Trinajstić information content (AvgIpc) is 2.98. The maximum absolute atomic E-state index is 13.8. The zero-order chi connectivity index (χ0) is 16.2. The van der Waals surface area contributed by atoms with Crippen LogP contribution in [0, 0.1) is 11.6 Å². The monoisotopic (exact) mass is 313 g/mol. The zero-order valence-corrected chi connectivity index (χ0v) is 12.7. The fourth-order valence-corrected chi connectivity index (χ4v) is 2.55. The summed E-state index contributed by atoms with van der Waals surface area (Å²) in [6, 6.07) is 13.0. The van der Waals surface area contributed by atoms with Gasteiger partial charge in [0, 0.05) is 31.5 Å². The number of benzene rings is 2. The van der Waals surface area contributed by atoms with E-state index in [9.17, 15) is 8.78 Å². The number of imidazole rings is 1. The summed E-state index contributed by atoms with van der Waals surface area (Å²) in [5.74, 6) is -0.0602. The Labute approximate surface area is 133 Å². The summed E-state index contributed by atoms with van der Waals surface area (Å²) in [4.78, 5) is 4.38. The van der Waals surface area contributed by atoms with Gasteiger partial charge >= 0.3 is 0 Å². The highest BCUT2D eigenvalue weighted by molar-refractivity contribution is 5.26. The van der Waals surface area contributed by atoms with Gasteiger partial charge in [0.15, 0.2) is 0 Å². The molecule has 0 fully saturated rings. The molecule has 1 atom stereocenters. The SMILES string of the molecule is Cn1ccnc1[C@H](NCc1cc(F)ccc1F)c1ccccc1. The summed E-state index contributed by atoms with van der Waals surface area (Å²) < 4.78 is 29.0. The molecule has 2 aromatic carbocycles. The standard InChI is InChI=1S/C18H17F2N3/c1-23-10-9-21-18(23)17(13-5-3-2-4-6-13)22-12-14-11-15(19)7-8-16(14)20/h2-11,17,22H,12H2,1H3/t17-/m1/s1. The highest BCUT2D eigenvalue weighted by atomic mass is 19.1. The number of nitrogens with one attached hydrogen (secondary N) is 1. The van der Waals surface area contributed by atoms with E-state index >= 15 is 0 Å². The summed E-state index contributed by atoms with van der Waals surface area (Å²) in [6.45, 7) is 0.204. The molecule has 3 rings (SSSR count). The van der Waals surface area contributed by atoms with Gasteiger partial charge in [-0.25, -0.2) is 13.8 Å². The van der Waals surface area contributed by atoms with Crippen LogP contribution < -0.4 is 5.32 Å². The summed E-state index contributed by atoms with van der Waals surface area (Å²) in [5, 5.41) is 3.27. The predicted molar refractivity (Wildman–Crippen MR) is 84.7 cm³/mol. The minimum atomic E-state index is -0.448. The molecule has 0 aliphatic carbocycles. The van der Waals surface area contributed by atoms with Crippen molar-refractivity contribution in [3.63, 3.8) is 0 Å². The van der Waals surface area contributed by atoms with Crippen molar-refractivity contribution in [2.75, 3.05) is 0 Å². The Morgan fingerprint density at radius 2 is 1.91 bits per heavy atom.